The molecule has 66 heavy (non-hydrogen) atoms. The van der Waals surface area contributed by atoms with Gasteiger partial charge in [0.1, 0.15) is 18.1 Å². The minimum absolute atomic E-state index is 0.0367. The number of rotatable bonds is 23. The summed E-state index contributed by atoms with van der Waals surface area (Å²) in [5, 5.41) is 33.7. The molecule has 0 unspecified atom stereocenters. The number of aliphatic hydroxyl groups is 2. The highest BCUT2D eigenvalue weighted by molar-refractivity contribution is 5.96. The number of Topliss-reactive ketones (excluding diaryl/α,β-unsaturated/α-hetero) is 2. The van der Waals surface area contributed by atoms with Crippen LogP contribution in [0.2, 0.25) is 0 Å². The maximum absolute atomic E-state index is 13.8. The van der Waals surface area contributed by atoms with Gasteiger partial charge in [-0.1, -0.05) is 116 Å². The quantitative estimate of drug-likeness (QED) is 0.0277. The molecule has 0 spiro atoms. The monoisotopic (exact) mass is 892 g/mol. The van der Waals surface area contributed by atoms with Gasteiger partial charge >= 0.3 is 5.97 Å². The average molecular weight is 893 g/mol. The molecule has 5 aromatic carbocycles. The van der Waals surface area contributed by atoms with E-state index in [-0.39, 0.29) is 47.6 Å². The number of hydrogen-bond donors (Lipinski definition) is 4. The van der Waals surface area contributed by atoms with Gasteiger partial charge in [-0.05, 0) is 110 Å². The van der Waals surface area contributed by atoms with Gasteiger partial charge in [0.15, 0.2) is 11.6 Å². The van der Waals surface area contributed by atoms with Crippen molar-refractivity contribution in [1.82, 2.24) is 9.88 Å². The molecule has 4 N–H and O–H groups in total. The number of phenolic OH excluding ortho intramolecular Hbond substituents is 1. The smallest absolute Gasteiger partial charge is 0.347 e. The number of unbranched alkanes of at least 4 members (excludes halogenated alkanes) is 3. The second-order valence-electron chi connectivity index (χ2n) is 17.5. The number of aliphatic hydroxyl groups excluding tert-OH is 1. The molecule has 0 radical (unpaired) electrons. The lowest BCUT2D eigenvalue weighted by Crippen LogP contribution is -2.40. The van der Waals surface area contributed by atoms with E-state index in [4.69, 9.17) is 9.47 Å². The maximum atomic E-state index is 13.8. The van der Waals surface area contributed by atoms with Crippen LogP contribution in [-0.4, -0.2) is 69.0 Å². The molecule has 1 saturated heterocycles. The summed E-state index contributed by atoms with van der Waals surface area (Å²) in [4.78, 5) is 56.3. The second-order valence-corrected chi connectivity index (χ2v) is 17.5. The summed E-state index contributed by atoms with van der Waals surface area (Å²) in [6.07, 6.45) is 6.67. The van der Waals surface area contributed by atoms with Crippen LogP contribution in [0.1, 0.15) is 108 Å². The number of H-pyrrole nitrogens is 1. The van der Waals surface area contributed by atoms with Gasteiger partial charge in [-0.15, -0.1) is 0 Å². The number of phenols is 1. The van der Waals surface area contributed by atoms with Crippen molar-refractivity contribution in [1.29, 1.82) is 0 Å². The number of benzene rings is 5. The number of pyridine rings is 1. The number of ether oxygens (including phenoxy) is 2. The zero-order chi connectivity index (χ0) is 46.3. The van der Waals surface area contributed by atoms with Crippen LogP contribution in [0, 0.1) is 5.92 Å². The first-order chi connectivity index (χ1) is 32.1. The predicted octanol–water partition coefficient (Wildman–Crippen LogP) is 9.15. The number of aromatic nitrogens is 1. The number of carbonyl (C=O) groups is 3. The number of aryl methyl sites for hydroxylation is 1. The molecule has 1 fully saturated rings. The molecule has 2 atom stereocenters. The number of aromatic hydroxyl groups is 1. The Morgan fingerprint density at radius 1 is 0.742 bits per heavy atom. The fourth-order valence-electron chi connectivity index (χ4n) is 8.74. The zero-order valence-electron chi connectivity index (χ0n) is 37.4. The fourth-order valence-corrected chi connectivity index (χ4v) is 8.74. The van der Waals surface area contributed by atoms with Crippen molar-refractivity contribution < 1.29 is 39.2 Å². The molecule has 0 aliphatic carbocycles. The molecular weight excluding hydrogens is 833 g/mol. The van der Waals surface area contributed by atoms with E-state index in [2.05, 4.69) is 22.0 Å². The number of hydrogen-bond acceptors (Lipinski definition) is 10. The van der Waals surface area contributed by atoms with Crippen molar-refractivity contribution in [3.05, 3.63) is 177 Å². The Kier molecular flexibility index (Phi) is 16.7. The third-order valence-corrected chi connectivity index (χ3v) is 12.6. The predicted molar refractivity (Wildman–Crippen MR) is 254 cm³/mol. The van der Waals surface area contributed by atoms with E-state index in [9.17, 15) is 34.5 Å². The molecule has 11 nitrogen and oxygen atoms in total. The first-order valence-corrected chi connectivity index (χ1v) is 23.2. The van der Waals surface area contributed by atoms with E-state index in [1.807, 2.05) is 48.5 Å². The number of esters is 1. The van der Waals surface area contributed by atoms with Crippen LogP contribution >= 0.6 is 0 Å². The van der Waals surface area contributed by atoms with Crippen LogP contribution in [0.15, 0.2) is 138 Å². The van der Waals surface area contributed by atoms with Gasteiger partial charge in [-0.25, -0.2) is 4.79 Å². The zero-order valence-corrected chi connectivity index (χ0v) is 37.4. The number of ketones is 2. The van der Waals surface area contributed by atoms with Gasteiger partial charge in [0.05, 0.1) is 18.2 Å². The molecule has 11 heteroatoms. The van der Waals surface area contributed by atoms with Gasteiger partial charge in [0.25, 0.3) is 0 Å². The molecular formula is C55H60N2O9. The molecule has 0 bridgehead atoms. The lowest BCUT2D eigenvalue weighted by Gasteiger charge is -2.33. The third-order valence-electron chi connectivity index (χ3n) is 12.6. The van der Waals surface area contributed by atoms with Crippen molar-refractivity contribution >= 4 is 28.4 Å². The highest BCUT2D eigenvalue weighted by Gasteiger charge is 2.42. The Balaban J connectivity index is 0.803. The first kappa shape index (κ1) is 47.6. The van der Waals surface area contributed by atoms with Crippen molar-refractivity contribution in [3.8, 4) is 11.5 Å². The number of likely N-dealkylation sites (tertiary alicyclic amines) is 1. The summed E-state index contributed by atoms with van der Waals surface area (Å²) in [6, 6.07) is 39.5. The Bertz CT molecular complexity index is 2590. The normalized spacial score (nSPS) is 14.6. The molecule has 1 aliphatic heterocycles. The topological polar surface area (TPSA) is 166 Å². The van der Waals surface area contributed by atoms with Crippen LogP contribution in [0.4, 0.5) is 0 Å². The van der Waals surface area contributed by atoms with E-state index < -0.39 is 17.7 Å². The molecule has 6 aromatic rings. The number of nitrogens with zero attached hydrogens (tertiary/aromatic N) is 1. The summed E-state index contributed by atoms with van der Waals surface area (Å²) in [7, 11) is 0. The minimum Gasteiger partial charge on any atom is -0.506 e. The lowest BCUT2D eigenvalue weighted by atomic mass is 9.86. The largest absolute Gasteiger partial charge is 0.506 e. The van der Waals surface area contributed by atoms with Gasteiger partial charge in [-0.3, -0.25) is 19.3 Å². The van der Waals surface area contributed by atoms with E-state index >= 15 is 0 Å². The van der Waals surface area contributed by atoms with Gasteiger partial charge in [0, 0.05) is 42.0 Å². The lowest BCUT2D eigenvalue weighted by molar-refractivity contribution is -0.164. The number of fused-ring (bicyclic) bond motifs is 1. The van der Waals surface area contributed by atoms with E-state index in [0.717, 1.165) is 57.3 Å². The Hall–Kier alpha value is -6.40. The van der Waals surface area contributed by atoms with Crippen molar-refractivity contribution in [2.75, 3.05) is 26.3 Å². The highest BCUT2D eigenvalue weighted by atomic mass is 16.5. The van der Waals surface area contributed by atoms with E-state index in [1.165, 1.54) is 17.7 Å². The molecule has 1 aliphatic rings. The fraction of sp³-hybridized carbons (Fsp3) is 0.345. The Labute approximate surface area is 386 Å². The van der Waals surface area contributed by atoms with E-state index in [1.54, 1.807) is 60.7 Å². The van der Waals surface area contributed by atoms with E-state index in [0.29, 0.717) is 71.9 Å². The summed E-state index contributed by atoms with van der Waals surface area (Å²) in [6.45, 7) is 2.75. The molecule has 344 valence electrons. The number of aromatic amines is 1. The number of piperidine rings is 1. The summed E-state index contributed by atoms with van der Waals surface area (Å²) in [5.41, 5.74) is 2.28. The number of nitrogens with one attached hydrogen (secondary N) is 1. The Morgan fingerprint density at radius 3 is 2.21 bits per heavy atom. The average Bonchev–Trinajstić information content (AvgIpc) is 3.35. The van der Waals surface area contributed by atoms with Gasteiger partial charge < -0.3 is 29.8 Å². The van der Waals surface area contributed by atoms with Crippen LogP contribution in [0.3, 0.4) is 0 Å². The standard InChI is InChI=1S/C55H60N2O9/c58-45(19-8-3-9-21-49(59)42-25-23-39(24-26-42)13-10-11-22-50(60)47-27-29-51(61)53-48(47)28-30-52(62)56-53)38-65-46-20-12-18-44(35-46)55(64,43-16-6-2-7-17-43)54(63)66-37-41-31-33-57(34-32-41)36-40-14-4-1-5-15-40/h1-2,4-7,12,14-18,20,23-30,35,41,50,60-61,64H,3,8-11,13,19,21-22,31-34,36-38H2,(H,56,62)/t50-,55-/m0/s1. The van der Waals surface area contributed by atoms with Gasteiger partial charge in [0.2, 0.25) is 11.2 Å². The minimum atomic E-state index is -2.08. The SMILES string of the molecule is O=C(CCCCCC(=O)c1ccc(CCCC[C@H](O)c2ccc(O)c3[nH]c(=O)ccc23)cc1)COc1cccc([C@](O)(C(=O)OCC2CCN(Cc3ccccc3)CC2)c2ccccc2)c1. The van der Waals surface area contributed by atoms with Crippen LogP contribution in [-0.2, 0) is 32.9 Å². The first-order valence-electron chi connectivity index (χ1n) is 23.2. The molecule has 0 amide bonds. The van der Waals surface area contributed by atoms with Gasteiger partial charge in [-0.2, -0.15) is 0 Å². The molecule has 1 aromatic heterocycles. The molecule has 0 saturated carbocycles. The third kappa shape index (κ3) is 12.7. The number of carbonyl (C=O) groups excluding carboxylic acids is 3. The highest BCUT2D eigenvalue weighted by Crippen LogP contribution is 2.34. The second kappa shape index (κ2) is 23.2. The van der Waals surface area contributed by atoms with Crippen molar-refractivity contribution in [3.63, 3.8) is 0 Å². The van der Waals surface area contributed by atoms with Crippen LogP contribution < -0.4 is 10.3 Å². The van der Waals surface area contributed by atoms with Crippen molar-refractivity contribution in [2.24, 2.45) is 5.92 Å². The Morgan fingerprint density at radius 2 is 1.45 bits per heavy atom. The maximum Gasteiger partial charge on any atom is 0.347 e. The molecule has 2 heterocycles. The van der Waals surface area contributed by atoms with Crippen molar-refractivity contribution in [2.45, 2.75) is 88.9 Å². The summed E-state index contributed by atoms with van der Waals surface area (Å²) < 4.78 is 11.7. The summed E-state index contributed by atoms with van der Waals surface area (Å²) >= 11 is 0. The summed E-state index contributed by atoms with van der Waals surface area (Å²) in [5.74, 6) is -0.282. The molecule has 7 rings (SSSR count). The van der Waals surface area contributed by atoms with Crippen LogP contribution in [0.5, 0.6) is 11.5 Å². The van der Waals surface area contributed by atoms with Crippen LogP contribution in [0.25, 0.3) is 10.9 Å².